The fourth-order valence-corrected chi connectivity index (χ4v) is 2.98. The summed E-state index contributed by atoms with van der Waals surface area (Å²) in [5.41, 5.74) is 7.52. The number of morpholine rings is 1. The molecule has 112 valence electrons. The first-order valence-electron chi connectivity index (χ1n) is 7.40. The average molecular weight is 278 g/mol. The van der Waals surface area contributed by atoms with E-state index in [4.69, 9.17) is 15.2 Å². The molecule has 2 rings (SSSR count). The molecule has 0 saturated carbocycles. The van der Waals surface area contributed by atoms with Gasteiger partial charge < -0.3 is 15.2 Å². The summed E-state index contributed by atoms with van der Waals surface area (Å²) in [5, 5.41) is 0. The Morgan fingerprint density at radius 2 is 2.10 bits per heavy atom. The quantitative estimate of drug-likeness (QED) is 0.897. The fourth-order valence-electron chi connectivity index (χ4n) is 2.98. The molecule has 3 unspecified atom stereocenters. The normalized spacial score (nSPS) is 23.3. The van der Waals surface area contributed by atoms with Gasteiger partial charge in [0.05, 0.1) is 26.4 Å². The van der Waals surface area contributed by atoms with E-state index in [0.717, 1.165) is 31.9 Å². The maximum Gasteiger partial charge on any atom is 0.118 e. The lowest BCUT2D eigenvalue weighted by Crippen LogP contribution is -2.51. The molecule has 20 heavy (non-hydrogen) atoms. The van der Waals surface area contributed by atoms with Crippen molar-refractivity contribution in [1.82, 2.24) is 4.90 Å². The third kappa shape index (κ3) is 3.32. The largest absolute Gasteiger partial charge is 0.497 e. The van der Waals surface area contributed by atoms with Gasteiger partial charge in [-0.3, -0.25) is 4.90 Å². The number of methoxy groups -OCH3 is 1. The van der Waals surface area contributed by atoms with Crippen molar-refractivity contribution in [2.45, 2.75) is 38.4 Å². The van der Waals surface area contributed by atoms with Crippen molar-refractivity contribution in [2.24, 2.45) is 5.73 Å². The fraction of sp³-hybridized carbons (Fsp3) is 0.625. The van der Waals surface area contributed by atoms with E-state index in [1.54, 1.807) is 7.11 Å². The zero-order valence-corrected chi connectivity index (χ0v) is 12.7. The van der Waals surface area contributed by atoms with Crippen LogP contribution >= 0.6 is 0 Å². The first kappa shape index (κ1) is 15.3. The smallest absolute Gasteiger partial charge is 0.118 e. The molecule has 1 aromatic rings. The minimum absolute atomic E-state index is 0.0792. The van der Waals surface area contributed by atoms with Gasteiger partial charge in [-0.25, -0.2) is 0 Å². The van der Waals surface area contributed by atoms with Crippen LogP contribution in [0.4, 0.5) is 0 Å². The first-order valence-corrected chi connectivity index (χ1v) is 7.40. The van der Waals surface area contributed by atoms with Crippen LogP contribution in [0.2, 0.25) is 0 Å². The van der Waals surface area contributed by atoms with Crippen molar-refractivity contribution < 1.29 is 9.47 Å². The first-order chi connectivity index (χ1) is 9.67. The van der Waals surface area contributed by atoms with Crippen molar-refractivity contribution in [2.75, 3.05) is 26.9 Å². The third-order valence-corrected chi connectivity index (χ3v) is 4.06. The minimum Gasteiger partial charge on any atom is -0.497 e. The second kappa shape index (κ2) is 7.07. The van der Waals surface area contributed by atoms with Gasteiger partial charge in [0.2, 0.25) is 0 Å². The van der Waals surface area contributed by atoms with Crippen LogP contribution in [-0.2, 0) is 4.74 Å². The number of hydrogen-bond acceptors (Lipinski definition) is 4. The van der Waals surface area contributed by atoms with Gasteiger partial charge in [-0.2, -0.15) is 0 Å². The van der Waals surface area contributed by atoms with Crippen LogP contribution in [0, 0.1) is 0 Å². The Morgan fingerprint density at radius 3 is 2.65 bits per heavy atom. The Morgan fingerprint density at radius 1 is 1.40 bits per heavy atom. The predicted octanol–water partition coefficient (Wildman–Crippen LogP) is 2.19. The molecule has 1 aliphatic rings. The van der Waals surface area contributed by atoms with Crippen LogP contribution in [-0.4, -0.2) is 43.9 Å². The van der Waals surface area contributed by atoms with Crippen LogP contribution < -0.4 is 10.5 Å². The number of nitrogens with two attached hydrogens (primary N) is 1. The van der Waals surface area contributed by atoms with Crippen LogP contribution in [0.1, 0.15) is 31.9 Å². The summed E-state index contributed by atoms with van der Waals surface area (Å²) in [5.74, 6) is 0.881. The molecule has 1 aromatic carbocycles. The van der Waals surface area contributed by atoms with Crippen LogP contribution in [0.15, 0.2) is 24.3 Å². The zero-order valence-electron chi connectivity index (χ0n) is 12.7. The Labute approximate surface area is 121 Å². The lowest BCUT2D eigenvalue weighted by molar-refractivity contribution is -0.0348. The van der Waals surface area contributed by atoms with Gasteiger partial charge in [-0.15, -0.1) is 0 Å². The van der Waals surface area contributed by atoms with Crippen LogP contribution in [0.5, 0.6) is 5.75 Å². The molecule has 4 nitrogen and oxygen atoms in total. The molecule has 2 N–H and O–H groups in total. The van der Waals surface area contributed by atoms with Crippen molar-refractivity contribution in [3.8, 4) is 5.75 Å². The molecular weight excluding hydrogens is 252 g/mol. The maximum atomic E-state index is 6.27. The Balaban J connectivity index is 2.24. The molecule has 0 aliphatic carbocycles. The highest BCUT2D eigenvalue weighted by atomic mass is 16.5. The highest BCUT2D eigenvalue weighted by Crippen LogP contribution is 2.29. The molecule has 4 heteroatoms. The summed E-state index contributed by atoms with van der Waals surface area (Å²) in [6.07, 6.45) is 1.08. The molecule has 0 bridgehead atoms. The number of benzene rings is 1. The number of nitrogens with zero attached hydrogens (tertiary/aromatic N) is 1. The van der Waals surface area contributed by atoms with Crippen molar-refractivity contribution in [1.29, 1.82) is 0 Å². The molecule has 0 spiro atoms. The molecule has 0 amide bonds. The molecule has 0 radical (unpaired) electrons. The van der Waals surface area contributed by atoms with E-state index in [0.29, 0.717) is 6.04 Å². The predicted molar refractivity (Wildman–Crippen MR) is 81.0 cm³/mol. The summed E-state index contributed by atoms with van der Waals surface area (Å²) < 4.78 is 10.8. The highest BCUT2D eigenvalue weighted by Gasteiger charge is 2.31. The third-order valence-electron chi connectivity index (χ3n) is 4.06. The van der Waals surface area contributed by atoms with E-state index < -0.39 is 0 Å². The molecule has 1 heterocycles. The molecular formula is C16H26N2O2. The van der Waals surface area contributed by atoms with Gasteiger partial charge >= 0.3 is 0 Å². The molecule has 1 aliphatic heterocycles. The van der Waals surface area contributed by atoms with Crippen molar-refractivity contribution in [3.05, 3.63) is 29.8 Å². The van der Waals surface area contributed by atoms with E-state index >= 15 is 0 Å². The second-order valence-electron chi connectivity index (χ2n) is 5.45. The van der Waals surface area contributed by atoms with Gasteiger partial charge in [0.25, 0.3) is 0 Å². The van der Waals surface area contributed by atoms with Crippen molar-refractivity contribution in [3.63, 3.8) is 0 Å². The van der Waals surface area contributed by atoms with E-state index in [-0.39, 0.29) is 12.1 Å². The minimum atomic E-state index is 0.0792. The number of hydrogen-bond donors (Lipinski definition) is 1. The van der Waals surface area contributed by atoms with E-state index in [2.05, 4.69) is 30.9 Å². The Hall–Kier alpha value is -1.10. The monoisotopic (exact) mass is 278 g/mol. The summed E-state index contributed by atoms with van der Waals surface area (Å²) in [7, 11) is 1.69. The molecule has 3 atom stereocenters. The standard InChI is InChI=1S/C16H26N2O2/c1-4-14-11-20-10-9-18(14)16(12(2)17)13-5-7-15(19-3)8-6-13/h5-8,12,14,16H,4,9-11,17H2,1-3H3. The lowest BCUT2D eigenvalue weighted by Gasteiger charge is -2.42. The molecule has 1 saturated heterocycles. The van der Waals surface area contributed by atoms with E-state index in [9.17, 15) is 0 Å². The van der Waals surface area contributed by atoms with Crippen molar-refractivity contribution >= 4 is 0 Å². The summed E-state index contributed by atoms with van der Waals surface area (Å²) >= 11 is 0. The summed E-state index contributed by atoms with van der Waals surface area (Å²) in [4.78, 5) is 2.50. The van der Waals surface area contributed by atoms with Crippen LogP contribution in [0.3, 0.4) is 0 Å². The summed E-state index contributed by atoms with van der Waals surface area (Å²) in [6.45, 7) is 6.82. The Kier molecular flexibility index (Phi) is 5.40. The summed E-state index contributed by atoms with van der Waals surface area (Å²) in [6, 6.07) is 9.01. The molecule has 0 aromatic heterocycles. The number of rotatable bonds is 5. The van der Waals surface area contributed by atoms with E-state index in [1.807, 2.05) is 12.1 Å². The van der Waals surface area contributed by atoms with Gasteiger partial charge in [-0.1, -0.05) is 19.1 Å². The topological polar surface area (TPSA) is 47.7 Å². The van der Waals surface area contributed by atoms with Crippen LogP contribution in [0.25, 0.3) is 0 Å². The van der Waals surface area contributed by atoms with E-state index in [1.165, 1.54) is 5.56 Å². The second-order valence-corrected chi connectivity index (χ2v) is 5.45. The SMILES string of the molecule is CCC1COCCN1C(c1ccc(OC)cc1)C(C)N. The number of ether oxygens (including phenoxy) is 2. The average Bonchev–Trinajstić information content (AvgIpc) is 2.48. The lowest BCUT2D eigenvalue weighted by atomic mass is 9.96. The van der Waals surface area contributed by atoms with Gasteiger partial charge in [0.1, 0.15) is 5.75 Å². The van der Waals surface area contributed by atoms with Gasteiger partial charge in [0.15, 0.2) is 0 Å². The van der Waals surface area contributed by atoms with Gasteiger partial charge in [0, 0.05) is 18.6 Å². The molecule has 1 fully saturated rings. The Bertz CT molecular complexity index is 405. The van der Waals surface area contributed by atoms with Gasteiger partial charge in [-0.05, 0) is 31.0 Å². The zero-order chi connectivity index (χ0) is 14.5. The maximum absolute atomic E-state index is 6.27. The highest BCUT2D eigenvalue weighted by molar-refractivity contribution is 5.30.